The topological polar surface area (TPSA) is 75.3 Å². The van der Waals surface area contributed by atoms with Crippen molar-refractivity contribution in [3.05, 3.63) is 24.3 Å². The van der Waals surface area contributed by atoms with Crippen LogP contribution < -0.4 is 10.6 Å². The number of halogens is 2. The lowest BCUT2D eigenvalue weighted by atomic mass is 10.1. The molecule has 1 aliphatic heterocycles. The normalized spacial score (nSPS) is 19.2. The quantitative estimate of drug-likeness (QED) is 0.877. The maximum atomic E-state index is 12.5. The number of sulfone groups is 1. The molecular weight excluding hydrogens is 290 g/mol. The maximum absolute atomic E-state index is 12.5. The monoisotopic (exact) mass is 304 g/mol. The second kappa shape index (κ2) is 5.84. The van der Waals surface area contributed by atoms with Crippen LogP contribution in [0.15, 0.2) is 29.2 Å². The Kier molecular flexibility index (Phi) is 4.34. The molecule has 1 amide bonds. The largest absolute Gasteiger partial charge is 0.341 e. The number of nitrogens with one attached hydrogen (secondary N) is 2. The third-order valence-corrected chi connectivity index (χ3v) is 4.48. The van der Waals surface area contributed by atoms with Crippen LogP contribution in [-0.2, 0) is 14.6 Å². The molecule has 1 saturated heterocycles. The Labute approximate surface area is 115 Å². The van der Waals surface area contributed by atoms with Gasteiger partial charge >= 0.3 is 5.76 Å². The van der Waals surface area contributed by atoms with E-state index in [1.54, 1.807) is 0 Å². The molecule has 0 radical (unpaired) electrons. The zero-order chi connectivity index (χ0) is 14.8. The Balaban J connectivity index is 2.16. The van der Waals surface area contributed by atoms with Crippen LogP contribution in [0.5, 0.6) is 0 Å². The molecule has 0 aromatic heterocycles. The Morgan fingerprint density at radius 3 is 2.75 bits per heavy atom. The summed E-state index contributed by atoms with van der Waals surface area (Å²) in [5, 5.41) is 5.58. The van der Waals surface area contributed by atoms with Crippen LogP contribution in [0.25, 0.3) is 0 Å². The number of alkyl halides is 2. The summed E-state index contributed by atoms with van der Waals surface area (Å²) in [7, 11) is -4.65. The summed E-state index contributed by atoms with van der Waals surface area (Å²) < 4.78 is 47.6. The number of hydrogen-bond donors (Lipinski definition) is 2. The molecule has 2 N–H and O–H groups in total. The third-order valence-electron chi connectivity index (χ3n) is 3.10. The SMILES string of the molecule is O=C(Nc1cccc(S(=O)(=O)C(F)F)c1)C1CCNC1. The van der Waals surface area contributed by atoms with Crippen LogP contribution in [0.4, 0.5) is 14.5 Å². The molecular formula is C12H14F2N2O3S. The van der Waals surface area contributed by atoms with Crippen LogP contribution >= 0.6 is 0 Å². The summed E-state index contributed by atoms with van der Waals surface area (Å²) in [4.78, 5) is 11.4. The molecule has 1 heterocycles. The van der Waals surface area contributed by atoms with Crippen LogP contribution in [0.1, 0.15) is 6.42 Å². The van der Waals surface area contributed by atoms with Crippen molar-refractivity contribution in [1.29, 1.82) is 0 Å². The lowest BCUT2D eigenvalue weighted by Gasteiger charge is -2.11. The number of hydrogen-bond acceptors (Lipinski definition) is 4. The Morgan fingerprint density at radius 1 is 1.40 bits per heavy atom. The highest BCUT2D eigenvalue weighted by Gasteiger charge is 2.27. The van der Waals surface area contributed by atoms with Crippen molar-refractivity contribution < 1.29 is 22.0 Å². The van der Waals surface area contributed by atoms with E-state index >= 15 is 0 Å². The molecule has 1 aromatic carbocycles. The van der Waals surface area contributed by atoms with Gasteiger partial charge in [-0.05, 0) is 31.2 Å². The maximum Gasteiger partial charge on any atom is 0.341 e. The Bertz CT molecular complexity index is 598. The van der Waals surface area contributed by atoms with Gasteiger partial charge in [0.1, 0.15) is 0 Å². The smallest absolute Gasteiger partial charge is 0.326 e. The predicted molar refractivity (Wildman–Crippen MR) is 69.2 cm³/mol. The van der Waals surface area contributed by atoms with Crippen LogP contribution in [0, 0.1) is 5.92 Å². The highest BCUT2D eigenvalue weighted by Crippen LogP contribution is 2.22. The first-order valence-corrected chi connectivity index (χ1v) is 7.59. The molecule has 20 heavy (non-hydrogen) atoms. The summed E-state index contributed by atoms with van der Waals surface area (Å²) >= 11 is 0. The predicted octanol–water partition coefficient (Wildman–Crippen LogP) is 1.23. The van der Waals surface area contributed by atoms with E-state index in [4.69, 9.17) is 0 Å². The van der Waals surface area contributed by atoms with E-state index in [1.165, 1.54) is 12.1 Å². The van der Waals surface area contributed by atoms with Gasteiger partial charge in [0.05, 0.1) is 10.8 Å². The molecule has 8 heteroatoms. The number of rotatable bonds is 4. The van der Waals surface area contributed by atoms with Gasteiger partial charge in [0, 0.05) is 12.2 Å². The first-order chi connectivity index (χ1) is 9.41. The summed E-state index contributed by atoms with van der Waals surface area (Å²) in [5.41, 5.74) is 0.198. The lowest BCUT2D eigenvalue weighted by Crippen LogP contribution is -2.24. The average molecular weight is 304 g/mol. The summed E-state index contributed by atoms with van der Waals surface area (Å²) in [5.74, 6) is -3.92. The summed E-state index contributed by atoms with van der Waals surface area (Å²) in [6, 6.07) is 4.90. The van der Waals surface area contributed by atoms with Crippen molar-refractivity contribution in [3.8, 4) is 0 Å². The van der Waals surface area contributed by atoms with E-state index in [2.05, 4.69) is 10.6 Å². The van der Waals surface area contributed by atoms with Crippen molar-refractivity contribution in [1.82, 2.24) is 5.32 Å². The molecule has 1 unspecified atom stereocenters. The molecule has 1 atom stereocenters. The molecule has 0 bridgehead atoms. The van der Waals surface area contributed by atoms with Gasteiger partial charge in [-0.25, -0.2) is 8.42 Å². The van der Waals surface area contributed by atoms with Crippen LogP contribution in [0.2, 0.25) is 0 Å². The van der Waals surface area contributed by atoms with Gasteiger partial charge < -0.3 is 10.6 Å². The van der Waals surface area contributed by atoms with Crippen molar-refractivity contribution in [2.45, 2.75) is 17.1 Å². The van der Waals surface area contributed by atoms with Crippen molar-refractivity contribution >= 4 is 21.4 Å². The minimum absolute atomic E-state index is 0.189. The average Bonchev–Trinajstić information content (AvgIpc) is 2.92. The number of carbonyl (C=O) groups is 1. The number of benzene rings is 1. The van der Waals surface area contributed by atoms with Crippen molar-refractivity contribution in [2.24, 2.45) is 5.92 Å². The van der Waals surface area contributed by atoms with Crippen LogP contribution in [0.3, 0.4) is 0 Å². The van der Waals surface area contributed by atoms with Gasteiger partial charge in [0.2, 0.25) is 15.7 Å². The van der Waals surface area contributed by atoms with Gasteiger partial charge in [0.25, 0.3) is 0 Å². The van der Waals surface area contributed by atoms with Gasteiger partial charge in [-0.1, -0.05) is 6.07 Å². The standard InChI is InChI=1S/C12H14F2N2O3S/c13-12(14)20(18,19)10-3-1-2-9(6-10)16-11(17)8-4-5-15-7-8/h1-3,6,8,12,15H,4-5,7H2,(H,16,17). The third kappa shape index (κ3) is 3.13. The van der Waals surface area contributed by atoms with Crippen LogP contribution in [-0.4, -0.2) is 33.2 Å². The Hall–Kier alpha value is -1.54. The number of amides is 1. The molecule has 0 spiro atoms. The lowest BCUT2D eigenvalue weighted by molar-refractivity contribution is -0.119. The second-order valence-electron chi connectivity index (χ2n) is 4.51. The number of anilines is 1. The zero-order valence-electron chi connectivity index (χ0n) is 10.5. The van der Waals surface area contributed by atoms with E-state index in [0.717, 1.165) is 18.7 Å². The van der Waals surface area contributed by atoms with E-state index in [0.29, 0.717) is 13.0 Å². The molecule has 0 aliphatic carbocycles. The molecule has 0 saturated carbocycles. The van der Waals surface area contributed by atoms with Crippen molar-refractivity contribution in [2.75, 3.05) is 18.4 Å². The highest BCUT2D eigenvalue weighted by atomic mass is 32.2. The molecule has 1 fully saturated rings. The van der Waals surface area contributed by atoms with Gasteiger partial charge in [-0.15, -0.1) is 0 Å². The van der Waals surface area contributed by atoms with Gasteiger partial charge in [-0.2, -0.15) is 8.78 Å². The van der Waals surface area contributed by atoms with Crippen molar-refractivity contribution in [3.63, 3.8) is 0 Å². The highest BCUT2D eigenvalue weighted by molar-refractivity contribution is 7.91. The first kappa shape index (κ1) is 14.9. The fourth-order valence-electron chi connectivity index (χ4n) is 1.98. The summed E-state index contributed by atoms with van der Waals surface area (Å²) in [6.45, 7) is 1.30. The molecule has 1 aliphatic rings. The zero-order valence-corrected chi connectivity index (χ0v) is 11.3. The minimum Gasteiger partial charge on any atom is -0.326 e. The van der Waals surface area contributed by atoms with E-state index in [-0.39, 0.29) is 17.5 Å². The van der Waals surface area contributed by atoms with E-state index in [9.17, 15) is 22.0 Å². The van der Waals surface area contributed by atoms with Gasteiger partial charge in [-0.3, -0.25) is 4.79 Å². The minimum atomic E-state index is -4.65. The molecule has 110 valence electrons. The fraction of sp³-hybridized carbons (Fsp3) is 0.417. The van der Waals surface area contributed by atoms with E-state index in [1.807, 2.05) is 0 Å². The Morgan fingerprint density at radius 2 is 2.15 bits per heavy atom. The second-order valence-corrected chi connectivity index (χ2v) is 6.43. The summed E-state index contributed by atoms with van der Waals surface area (Å²) in [6.07, 6.45) is 0.695. The number of carbonyl (C=O) groups excluding carboxylic acids is 1. The van der Waals surface area contributed by atoms with E-state index < -0.39 is 20.5 Å². The first-order valence-electron chi connectivity index (χ1n) is 6.05. The molecule has 2 rings (SSSR count). The molecule has 1 aromatic rings. The van der Waals surface area contributed by atoms with Gasteiger partial charge in [0.15, 0.2) is 0 Å². The molecule has 5 nitrogen and oxygen atoms in total. The fourth-order valence-corrected chi connectivity index (χ4v) is 2.74.